The van der Waals surface area contributed by atoms with Gasteiger partial charge >= 0.3 is 0 Å². The van der Waals surface area contributed by atoms with Crippen molar-refractivity contribution in [3.05, 3.63) is 45.6 Å². The van der Waals surface area contributed by atoms with Gasteiger partial charge in [-0.3, -0.25) is 4.79 Å². The highest BCUT2D eigenvalue weighted by Gasteiger charge is 2.28. The molecule has 1 N–H and O–H groups in total. The van der Waals surface area contributed by atoms with E-state index >= 15 is 0 Å². The average molecular weight is 358 g/mol. The molecule has 0 aliphatic heterocycles. The van der Waals surface area contributed by atoms with Crippen LogP contribution in [-0.4, -0.2) is 33.5 Å². The third kappa shape index (κ3) is 2.86. The number of aliphatic hydroxyl groups is 1. The first-order chi connectivity index (χ1) is 12.5. The zero-order valence-corrected chi connectivity index (χ0v) is 15.3. The smallest absolute Gasteiger partial charge is 0.220 e. The van der Waals surface area contributed by atoms with Crippen LogP contribution in [0.2, 0.25) is 0 Å². The summed E-state index contributed by atoms with van der Waals surface area (Å²) < 4.78 is 21.7. The molecule has 3 rings (SSSR count). The predicted molar refractivity (Wildman–Crippen MR) is 97.6 cm³/mol. The van der Waals surface area contributed by atoms with Crippen molar-refractivity contribution in [2.24, 2.45) is 0 Å². The van der Waals surface area contributed by atoms with Gasteiger partial charge in [0.1, 0.15) is 0 Å². The molecule has 0 bridgehead atoms. The highest BCUT2D eigenvalue weighted by atomic mass is 16.5. The van der Waals surface area contributed by atoms with Crippen LogP contribution in [0.3, 0.4) is 0 Å². The Hall–Kier alpha value is -2.73. The second-order valence-electron chi connectivity index (χ2n) is 6.01. The number of hydrogen-bond donors (Lipinski definition) is 1. The van der Waals surface area contributed by atoms with Gasteiger partial charge in [0.2, 0.25) is 11.2 Å². The lowest BCUT2D eigenvalue weighted by Gasteiger charge is -2.19. The van der Waals surface area contributed by atoms with Gasteiger partial charge in [-0.1, -0.05) is 6.07 Å². The van der Waals surface area contributed by atoms with E-state index in [-0.39, 0.29) is 11.2 Å². The molecular formula is C20H22O6. The van der Waals surface area contributed by atoms with Gasteiger partial charge in [0.15, 0.2) is 17.2 Å². The van der Waals surface area contributed by atoms with Crippen LogP contribution < -0.4 is 24.4 Å². The van der Waals surface area contributed by atoms with Crippen molar-refractivity contribution < 1.29 is 24.1 Å². The van der Waals surface area contributed by atoms with Crippen LogP contribution in [0.25, 0.3) is 11.1 Å². The Labute approximate surface area is 151 Å². The molecule has 1 atom stereocenters. The molecular weight excluding hydrogens is 336 g/mol. The van der Waals surface area contributed by atoms with Gasteiger partial charge in [-0.2, -0.15) is 0 Å². The molecule has 2 aromatic carbocycles. The van der Waals surface area contributed by atoms with Crippen molar-refractivity contribution in [3.63, 3.8) is 0 Å². The summed E-state index contributed by atoms with van der Waals surface area (Å²) in [5.41, 5.74) is 2.71. The summed E-state index contributed by atoms with van der Waals surface area (Å²) in [4.78, 5) is 12.4. The molecule has 0 saturated heterocycles. The monoisotopic (exact) mass is 358 g/mol. The molecule has 26 heavy (non-hydrogen) atoms. The maximum Gasteiger partial charge on any atom is 0.220 e. The molecule has 0 heterocycles. The minimum absolute atomic E-state index is 0.214. The van der Waals surface area contributed by atoms with Gasteiger partial charge in [0.05, 0.1) is 34.5 Å². The van der Waals surface area contributed by atoms with E-state index in [9.17, 15) is 9.90 Å². The van der Waals surface area contributed by atoms with E-state index in [0.717, 1.165) is 11.1 Å². The van der Waals surface area contributed by atoms with Gasteiger partial charge in [-0.05, 0) is 47.7 Å². The van der Waals surface area contributed by atoms with Crippen molar-refractivity contribution in [2.45, 2.75) is 18.9 Å². The Balaban J connectivity index is 2.43. The standard InChI is InChI=1S/C20H22O6/c1-23-16-8-6-12-13(10-15(16)22)14(21)7-5-11-9-17(24-2)19(25-3)20(26-4)18(11)12/h6,8-10,14,21H,5,7H2,1-4H3/t14-/m1/s1. The van der Waals surface area contributed by atoms with E-state index in [1.54, 1.807) is 33.5 Å². The van der Waals surface area contributed by atoms with Crippen molar-refractivity contribution in [3.8, 4) is 34.1 Å². The molecule has 6 heteroatoms. The largest absolute Gasteiger partial charge is 0.493 e. The summed E-state index contributed by atoms with van der Waals surface area (Å²) in [5.74, 6) is 1.75. The van der Waals surface area contributed by atoms with Gasteiger partial charge in [0.25, 0.3) is 0 Å². The van der Waals surface area contributed by atoms with Gasteiger partial charge in [-0.15, -0.1) is 0 Å². The number of fused-ring (bicyclic) bond motifs is 3. The summed E-state index contributed by atoms with van der Waals surface area (Å²) in [6.45, 7) is 0. The first-order valence-corrected chi connectivity index (χ1v) is 8.28. The van der Waals surface area contributed by atoms with E-state index in [0.29, 0.717) is 41.2 Å². The summed E-state index contributed by atoms with van der Waals surface area (Å²) in [6.07, 6.45) is 0.310. The van der Waals surface area contributed by atoms with Gasteiger partial charge in [-0.25, -0.2) is 0 Å². The van der Waals surface area contributed by atoms with E-state index in [1.807, 2.05) is 6.07 Å². The molecule has 0 radical (unpaired) electrons. The minimum Gasteiger partial charge on any atom is -0.493 e. The predicted octanol–water partition coefficient (Wildman–Crippen LogP) is 2.73. The number of aliphatic hydroxyl groups excluding tert-OH is 1. The first-order valence-electron chi connectivity index (χ1n) is 8.28. The lowest BCUT2D eigenvalue weighted by molar-refractivity contribution is 0.169. The van der Waals surface area contributed by atoms with Gasteiger partial charge < -0.3 is 24.1 Å². The van der Waals surface area contributed by atoms with E-state index in [2.05, 4.69) is 0 Å². The molecule has 0 amide bonds. The summed E-state index contributed by atoms with van der Waals surface area (Å²) >= 11 is 0. The molecule has 0 fully saturated rings. The number of ether oxygens (including phenoxy) is 4. The fourth-order valence-corrected chi connectivity index (χ4v) is 3.45. The second-order valence-corrected chi connectivity index (χ2v) is 6.01. The number of rotatable bonds is 4. The molecule has 6 nitrogen and oxygen atoms in total. The molecule has 0 aromatic heterocycles. The quantitative estimate of drug-likeness (QED) is 0.906. The van der Waals surface area contributed by atoms with Crippen LogP contribution >= 0.6 is 0 Å². The van der Waals surface area contributed by atoms with Crippen LogP contribution in [0.5, 0.6) is 23.0 Å². The molecule has 1 aliphatic rings. The maximum atomic E-state index is 12.4. The maximum absolute atomic E-state index is 12.4. The van der Waals surface area contributed by atoms with E-state index in [1.165, 1.54) is 13.2 Å². The Kier molecular flexibility index (Phi) is 5.04. The van der Waals surface area contributed by atoms with Crippen LogP contribution in [0.1, 0.15) is 23.7 Å². The number of benzene rings is 1. The Morgan fingerprint density at radius 3 is 2.23 bits per heavy atom. The van der Waals surface area contributed by atoms with Crippen LogP contribution in [0.15, 0.2) is 29.1 Å². The Bertz CT molecular complexity index is 890. The highest BCUT2D eigenvalue weighted by molar-refractivity contribution is 5.82. The fourth-order valence-electron chi connectivity index (χ4n) is 3.45. The Morgan fingerprint density at radius 2 is 1.62 bits per heavy atom. The van der Waals surface area contributed by atoms with Crippen LogP contribution in [0.4, 0.5) is 0 Å². The van der Waals surface area contributed by atoms with E-state index < -0.39 is 6.10 Å². The normalized spacial score (nSPS) is 15.3. The average Bonchev–Trinajstić information content (AvgIpc) is 2.89. The lowest BCUT2D eigenvalue weighted by atomic mass is 9.96. The van der Waals surface area contributed by atoms with Crippen molar-refractivity contribution in [1.29, 1.82) is 0 Å². The summed E-state index contributed by atoms with van der Waals surface area (Å²) in [7, 11) is 6.11. The molecule has 1 aliphatic carbocycles. The number of methoxy groups -OCH3 is 4. The third-order valence-electron chi connectivity index (χ3n) is 4.69. The second kappa shape index (κ2) is 7.25. The van der Waals surface area contributed by atoms with Crippen molar-refractivity contribution in [2.75, 3.05) is 28.4 Å². The molecule has 138 valence electrons. The van der Waals surface area contributed by atoms with E-state index in [4.69, 9.17) is 18.9 Å². The molecule has 0 spiro atoms. The highest BCUT2D eigenvalue weighted by Crippen LogP contribution is 2.50. The topological polar surface area (TPSA) is 74.2 Å². The van der Waals surface area contributed by atoms with Crippen molar-refractivity contribution >= 4 is 0 Å². The number of hydrogen-bond acceptors (Lipinski definition) is 6. The number of aryl methyl sites for hydroxylation is 1. The fraction of sp³-hybridized carbons (Fsp3) is 0.350. The first kappa shape index (κ1) is 18.1. The molecule has 2 aromatic rings. The van der Waals surface area contributed by atoms with Crippen LogP contribution in [0, 0.1) is 0 Å². The van der Waals surface area contributed by atoms with Crippen LogP contribution in [-0.2, 0) is 6.42 Å². The third-order valence-corrected chi connectivity index (χ3v) is 4.69. The Morgan fingerprint density at radius 1 is 0.923 bits per heavy atom. The zero-order valence-electron chi connectivity index (χ0n) is 15.3. The van der Waals surface area contributed by atoms with Gasteiger partial charge in [0, 0.05) is 5.56 Å². The minimum atomic E-state index is -0.774. The summed E-state index contributed by atoms with van der Waals surface area (Å²) in [6, 6.07) is 6.71. The summed E-state index contributed by atoms with van der Waals surface area (Å²) in [5, 5.41) is 10.6. The molecule has 0 unspecified atom stereocenters. The van der Waals surface area contributed by atoms with Crippen molar-refractivity contribution in [1.82, 2.24) is 0 Å². The molecule has 0 saturated carbocycles. The zero-order chi connectivity index (χ0) is 18.8. The lowest BCUT2D eigenvalue weighted by Crippen LogP contribution is -2.04. The SMILES string of the molecule is COc1cc2c(c(OC)c1OC)-c1ccc(OC)c(=O)cc1[C@H](O)CC2.